The minimum atomic E-state index is 0.402. The molecule has 116 valence electrons. The van der Waals surface area contributed by atoms with Crippen molar-refractivity contribution >= 4 is 5.84 Å². The molecule has 2 aliphatic heterocycles. The molecule has 3 aliphatic rings. The zero-order valence-corrected chi connectivity index (χ0v) is 13.4. The van der Waals surface area contributed by atoms with Gasteiger partial charge in [-0.2, -0.15) is 0 Å². The Morgan fingerprint density at radius 3 is 2.62 bits per heavy atom. The third kappa shape index (κ3) is 2.61. The third-order valence-corrected chi connectivity index (χ3v) is 5.55. The molecule has 1 atom stereocenters. The van der Waals surface area contributed by atoms with E-state index in [1.807, 2.05) is 6.20 Å². The van der Waals surface area contributed by atoms with Crippen LogP contribution in [0.1, 0.15) is 46.0 Å². The molecule has 0 aromatic heterocycles. The lowest BCUT2D eigenvalue weighted by Crippen LogP contribution is -2.50. The summed E-state index contributed by atoms with van der Waals surface area (Å²) >= 11 is 0. The molecule has 0 aromatic rings. The lowest BCUT2D eigenvalue weighted by Gasteiger charge is -2.43. The van der Waals surface area contributed by atoms with Gasteiger partial charge in [-0.1, -0.05) is 26.8 Å². The average molecular weight is 288 g/mol. The SMILES string of the molecule is C=C1NC(C(C)C)=CN=C1N1CCC2(CCCC2N)CC1. The Morgan fingerprint density at radius 1 is 1.38 bits per heavy atom. The summed E-state index contributed by atoms with van der Waals surface area (Å²) in [4.78, 5) is 7.03. The first-order valence-electron chi connectivity index (χ1n) is 8.26. The van der Waals surface area contributed by atoms with E-state index in [1.54, 1.807) is 0 Å². The van der Waals surface area contributed by atoms with Crippen LogP contribution in [0.2, 0.25) is 0 Å². The predicted octanol–water partition coefficient (Wildman–Crippen LogP) is 2.59. The Hall–Kier alpha value is -1.29. The molecule has 1 saturated carbocycles. The summed E-state index contributed by atoms with van der Waals surface area (Å²) in [5.41, 5.74) is 8.85. The number of nitrogens with one attached hydrogen (secondary N) is 1. The summed E-state index contributed by atoms with van der Waals surface area (Å²) in [5.74, 6) is 1.47. The summed E-state index contributed by atoms with van der Waals surface area (Å²) in [6.45, 7) is 10.6. The van der Waals surface area contributed by atoms with Gasteiger partial charge in [-0.25, -0.2) is 4.99 Å². The molecule has 21 heavy (non-hydrogen) atoms. The number of hydrogen-bond acceptors (Lipinski definition) is 4. The van der Waals surface area contributed by atoms with Gasteiger partial charge in [0, 0.05) is 31.0 Å². The van der Waals surface area contributed by atoms with Crippen molar-refractivity contribution in [3.8, 4) is 0 Å². The van der Waals surface area contributed by atoms with E-state index in [0.717, 1.165) is 30.3 Å². The second-order valence-electron chi connectivity index (χ2n) is 7.14. The molecule has 1 spiro atoms. The van der Waals surface area contributed by atoms with Crippen LogP contribution in [0.15, 0.2) is 29.2 Å². The van der Waals surface area contributed by atoms with Crippen molar-refractivity contribution in [1.82, 2.24) is 10.2 Å². The maximum absolute atomic E-state index is 6.36. The Balaban J connectivity index is 1.68. The number of piperidine rings is 1. The van der Waals surface area contributed by atoms with Crippen molar-refractivity contribution in [2.45, 2.75) is 52.0 Å². The van der Waals surface area contributed by atoms with E-state index < -0.39 is 0 Å². The molecule has 3 N–H and O–H groups in total. The predicted molar refractivity (Wildman–Crippen MR) is 87.7 cm³/mol. The lowest BCUT2D eigenvalue weighted by atomic mass is 9.74. The fourth-order valence-electron chi connectivity index (χ4n) is 3.99. The van der Waals surface area contributed by atoms with Gasteiger partial charge in [0.1, 0.15) is 0 Å². The van der Waals surface area contributed by atoms with E-state index in [1.165, 1.54) is 32.1 Å². The quantitative estimate of drug-likeness (QED) is 0.780. The fourth-order valence-corrected chi connectivity index (χ4v) is 3.99. The van der Waals surface area contributed by atoms with Crippen LogP contribution in [0.5, 0.6) is 0 Å². The van der Waals surface area contributed by atoms with Crippen LogP contribution in [0, 0.1) is 11.3 Å². The normalized spacial score (nSPS) is 28.7. The second-order valence-corrected chi connectivity index (χ2v) is 7.14. The van der Waals surface area contributed by atoms with Crippen LogP contribution in [0.3, 0.4) is 0 Å². The van der Waals surface area contributed by atoms with Crippen molar-refractivity contribution in [3.63, 3.8) is 0 Å². The molecule has 3 rings (SSSR count). The first-order chi connectivity index (χ1) is 10.0. The van der Waals surface area contributed by atoms with E-state index in [-0.39, 0.29) is 0 Å². The number of allylic oxidation sites excluding steroid dienone is 1. The number of rotatable bonds is 1. The molecule has 0 aromatic carbocycles. The standard InChI is InChI=1S/C17H28N4/c1-12(2)14-11-19-16(13(3)20-14)21-9-7-17(8-10-21)6-4-5-15(17)18/h11-12,15,20H,3-10,18H2,1-2H3. The second kappa shape index (κ2) is 5.48. The summed E-state index contributed by atoms with van der Waals surface area (Å²) in [6.07, 6.45) is 8.17. The zero-order valence-electron chi connectivity index (χ0n) is 13.4. The Bertz CT molecular complexity index is 481. The van der Waals surface area contributed by atoms with Crippen molar-refractivity contribution in [1.29, 1.82) is 0 Å². The highest BCUT2D eigenvalue weighted by atomic mass is 15.2. The van der Waals surface area contributed by atoms with Crippen LogP contribution in [-0.2, 0) is 0 Å². The average Bonchev–Trinajstić information content (AvgIpc) is 2.81. The molecule has 2 heterocycles. The van der Waals surface area contributed by atoms with Crippen molar-refractivity contribution in [2.24, 2.45) is 22.1 Å². The van der Waals surface area contributed by atoms with E-state index in [2.05, 4.69) is 35.6 Å². The summed E-state index contributed by atoms with van der Waals surface area (Å²) in [5, 5.41) is 3.40. The number of likely N-dealkylation sites (tertiary alicyclic amines) is 1. The maximum Gasteiger partial charge on any atom is 0.151 e. The number of nitrogens with two attached hydrogens (primary N) is 1. The first-order valence-corrected chi connectivity index (χ1v) is 8.26. The molecule has 1 saturated heterocycles. The first kappa shape index (κ1) is 14.6. The van der Waals surface area contributed by atoms with Gasteiger partial charge in [0.25, 0.3) is 0 Å². The van der Waals surface area contributed by atoms with Gasteiger partial charge in [0.2, 0.25) is 0 Å². The zero-order chi connectivity index (χ0) is 15.0. The number of amidine groups is 1. The van der Waals surface area contributed by atoms with Gasteiger partial charge in [-0.3, -0.25) is 0 Å². The smallest absolute Gasteiger partial charge is 0.151 e. The fraction of sp³-hybridized carbons (Fsp3) is 0.706. The Morgan fingerprint density at radius 2 is 2.10 bits per heavy atom. The molecule has 0 radical (unpaired) electrons. The largest absolute Gasteiger partial charge is 0.355 e. The Labute approximate surface area is 128 Å². The van der Waals surface area contributed by atoms with E-state index >= 15 is 0 Å². The number of nitrogens with zero attached hydrogens (tertiary/aromatic N) is 2. The van der Waals surface area contributed by atoms with Crippen LogP contribution >= 0.6 is 0 Å². The minimum absolute atomic E-state index is 0.402. The molecule has 4 heteroatoms. The van der Waals surface area contributed by atoms with Gasteiger partial charge in [-0.05, 0) is 37.0 Å². The van der Waals surface area contributed by atoms with E-state index in [0.29, 0.717) is 17.4 Å². The number of hydrogen-bond donors (Lipinski definition) is 2. The van der Waals surface area contributed by atoms with Gasteiger partial charge < -0.3 is 16.0 Å². The summed E-state index contributed by atoms with van der Waals surface area (Å²) < 4.78 is 0. The van der Waals surface area contributed by atoms with Crippen LogP contribution < -0.4 is 11.1 Å². The highest BCUT2D eigenvalue weighted by Gasteiger charge is 2.43. The van der Waals surface area contributed by atoms with E-state index in [9.17, 15) is 0 Å². The number of aliphatic imine (C=N–C) groups is 1. The molecule has 0 amide bonds. The van der Waals surface area contributed by atoms with Gasteiger partial charge in [0.15, 0.2) is 5.84 Å². The molecule has 2 fully saturated rings. The molecule has 1 aliphatic carbocycles. The van der Waals surface area contributed by atoms with Crippen molar-refractivity contribution < 1.29 is 0 Å². The molecule has 0 bridgehead atoms. The van der Waals surface area contributed by atoms with Crippen LogP contribution in [0.25, 0.3) is 0 Å². The third-order valence-electron chi connectivity index (χ3n) is 5.55. The van der Waals surface area contributed by atoms with Crippen molar-refractivity contribution in [2.75, 3.05) is 13.1 Å². The lowest BCUT2D eigenvalue weighted by molar-refractivity contribution is 0.135. The highest BCUT2D eigenvalue weighted by Crippen LogP contribution is 2.45. The summed E-state index contributed by atoms with van der Waals surface area (Å²) in [7, 11) is 0. The summed E-state index contributed by atoms with van der Waals surface area (Å²) in [6, 6.07) is 0.404. The van der Waals surface area contributed by atoms with Gasteiger partial charge in [-0.15, -0.1) is 0 Å². The van der Waals surface area contributed by atoms with Gasteiger partial charge in [0.05, 0.1) is 5.70 Å². The van der Waals surface area contributed by atoms with Crippen LogP contribution in [-0.4, -0.2) is 29.9 Å². The minimum Gasteiger partial charge on any atom is -0.355 e. The van der Waals surface area contributed by atoms with Crippen LogP contribution in [0.4, 0.5) is 0 Å². The van der Waals surface area contributed by atoms with Gasteiger partial charge >= 0.3 is 0 Å². The molecule has 1 unspecified atom stereocenters. The maximum atomic E-state index is 6.36. The topological polar surface area (TPSA) is 53.7 Å². The highest BCUT2D eigenvalue weighted by molar-refractivity contribution is 5.98. The molecular formula is C17H28N4. The Kier molecular flexibility index (Phi) is 3.82. The van der Waals surface area contributed by atoms with E-state index in [4.69, 9.17) is 5.73 Å². The monoisotopic (exact) mass is 288 g/mol. The molecule has 4 nitrogen and oxygen atoms in total. The molecular weight excluding hydrogens is 260 g/mol. The van der Waals surface area contributed by atoms with Crippen molar-refractivity contribution in [3.05, 3.63) is 24.2 Å².